The van der Waals surface area contributed by atoms with Gasteiger partial charge in [-0.1, -0.05) is 42.0 Å². The van der Waals surface area contributed by atoms with E-state index in [2.05, 4.69) is 31.2 Å². The van der Waals surface area contributed by atoms with Crippen LogP contribution in [0.5, 0.6) is 0 Å². The van der Waals surface area contributed by atoms with E-state index in [1.807, 2.05) is 19.1 Å². The average molecular weight is 187 g/mol. The van der Waals surface area contributed by atoms with Gasteiger partial charge in [0.25, 0.3) is 0 Å². The van der Waals surface area contributed by atoms with Gasteiger partial charge in [-0.05, 0) is 31.4 Å². The molecule has 0 unspecified atom stereocenters. The average Bonchev–Trinajstić information content (AvgIpc) is 2.40. The Kier molecular flexibility index (Phi) is 3.99. The van der Waals surface area contributed by atoms with Crippen molar-refractivity contribution in [2.45, 2.75) is 20.3 Å². The van der Waals surface area contributed by atoms with E-state index in [1.165, 1.54) is 11.1 Å². The van der Waals surface area contributed by atoms with E-state index in [1.54, 1.807) is 6.20 Å². The maximum Gasteiger partial charge on any atom is 0.00143 e. The van der Waals surface area contributed by atoms with Gasteiger partial charge in [-0.3, -0.25) is 0 Å². The third kappa shape index (κ3) is 2.77. The Labute approximate surface area is 86.0 Å². The highest BCUT2D eigenvalue weighted by Gasteiger charge is 2.00. The number of nitrogens with two attached hydrogens (primary N) is 1. The Bertz CT molecular complexity index is 335. The first-order valence-corrected chi connectivity index (χ1v) is 4.87. The third-order valence-electron chi connectivity index (χ3n) is 2.20. The van der Waals surface area contributed by atoms with Crippen LogP contribution in [-0.4, -0.2) is 0 Å². The topological polar surface area (TPSA) is 26.0 Å². The quantitative estimate of drug-likeness (QED) is 0.660. The van der Waals surface area contributed by atoms with Gasteiger partial charge in [-0.2, -0.15) is 0 Å². The van der Waals surface area contributed by atoms with E-state index < -0.39 is 0 Å². The lowest BCUT2D eigenvalue weighted by Crippen LogP contribution is -1.90. The summed E-state index contributed by atoms with van der Waals surface area (Å²) >= 11 is 0. The fourth-order valence-corrected chi connectivity index (χ4v) is 1.39. The second-order valence-electron chi connectivity index (χ2n) is 3.33. The molecule has 0 spiro atoms. The molecule has 0 atom stereocenters. The Morgan fingerprint density at radius 2 is 2.29 bits per heavy atom. The van der Waals surface area contributed by atoms with Crippen molar-refractivity contribution in [3.8, 4) is 0 Å². The molecular weight excluding hydrogens is 170 g/mol. The first-order valence-electron chi connectivity index (χ1n) is 4.87. The number of allylic oxidation sites excluding steroid dienone is 9. The summed E-state index contributed by atoms with van der Waals surface area (Å²) in [6.45, 7) is 4.10. The van der Waals surface area contributed by atoms with Crippen LogP contribution < -0.4 is 5.73 Å². The van der Waals surface area contributed by atoms with Gasteiger partial charge in [0, 0.05) is 6.20 Å². The second-order valence-corrected chi connectivity index (χ2v) is 3.33. The van der Waals surface area contributed by atoms with E-state index >= 15 is 0 Å². The fourth-order valence-electron chi connectivity index (χ4n) is 1.39. The van der Waals surface area contributed by atoms with Crippen molar-refractivity contribution in [2.24, 2.45) is 5.73 Å². The molecule has 2 N–H and O–H groups in total. The van der Waals surface area contributed by atoms with Crippen LogP contribution in [0.15, 0.2) is 59.4 Å². The molecule has 0 bridgehead atoms. The molecule has 74 valence electrons. The maximum atomic E-state index is 5.58. The Morgan fingerprint density at radius 1 is 1.50 bits per heavy atom. The summed E-state index contributed by atoms with van der Waals surface area (Å²) in [5.41, 5.74) is 9.24. The minimum atomic E-state index is 0.951. The van der Waals surface area contributed by atoms with Gasteiger partial charge in [-0.15, -0.1) is 0 Å². The summed E-state index contributed by atoms with van der Waals surface area (Å²) in [6, 6.07) is 0. The molecule has 0 aliphatic heterocycles. The molecule has 0 amide bonds. The molecular formula is C13H17N. The molecule has 1 heteroatoms. The molecule has 0 saturated carbocycles. The molecule has 1 aliphatic rings. The molecule has 0 aromatic rings. The van der Waals surface area contributed by atoms with Crippen LogP contribution in [0.4, 0.5) is 0 Å². The largest absolute Gasteiger partial charge is 0.404 e. The van der Waals surface area contributed by atoms with Crippen molar-refractivity contribution in [3.05, 3.63) is 59.4 Å². The summed E-state index contributed by atoms with van der Waals surface area (Å²) in [5, 5.41) is 0. The predicted octanol–water partition coefficient (Wildman–Crippen LogP) is 3.24. The maximum absolute atomic E-state index is 5.58. The van der Waals surface area contributed by atoms with E-state index in [4.69, 9.17) is 5.73 Å². The van der Waals surface area contributed by atoms with Crippen molar-refractivity contribution in [3.63, 3.8) is 0 Å². The highest BCUT2D eigenvalue weighted by molar-refractivity contribution is 5.44. The molecule has 0 radical (unpaired) electrons. The number of hydrogen-bond donors (Lipinski definition) is 1. The van der Waals surface area contributed by atoms with Crippen molar-refractivity contribution < 1.29 is 0 Å². The summed E-state index contributed by atoms with van der Waals surface area (Å²) in [5.74, 6) is 0. The van der Waals surface area contributed by atoms with Crippen molar-refractivity contribution in [1.29, 1.82) is 0 Å². The molecule has 14 heavy (non-hydrogen) atoms. The fraction of sp³-hybridized carbons (Fsp3) is 0.231. The van der Waals surface area contributed by atoms with Crippen LogP contribution in [-0.2, 0) is 0 Å². The highest BCUT2D eigenvalue weighted by Crippen LogP contribution is 2.19. The Hall–Kier alpha value is -1.50. The van der Waals surface area contributed by atoms with Crippen molar-refractivity contribution in [2.75, 3.05) is 0 Å². The lowest BCUT2D eigenvalue weighted by molar-refractivity contribution is 1.22. The minimum absolute atomic E-state index is 0.951. The second kappa shape index (κ2) is 5.28. The van der Waals surface area contributed by atoms with E-state index in [0.29, 0.717) is 0 Å². The normalized spacial score (nSPS) is 18.0. The molecule has 0 saturated heterocycles. The van der Waals surface area contributed by atoms with Gasteiger partial charge in [0.05, 0.1) is 0 Å². The monoisotopic (exact) mass is 187 g/mol. The van der Waals surface area contributed by atoms with E-state index in [0.717, 1.165) is 12.0 Å². The zero-order valence-corrected chi connectivity index (χ0v) is 8.83. The molecule has 0 heterocycles. The van der Waals surface area contributed by atoms with Crippen LogP contribution in [0.2, 0.25) is 0 Å². The number of hydrogen-bond acceptors (Lipinski definition) is 1. The number of rotatable bonds is 2. The van der Waals surface area contributed by atoms with Crippen molar-refractivity contribution in [1.82, 2.24) is 0 Å². The van der Waals surface area contributed by atoms with E-state index in [9.17, 15) is 0 Å². The van der Waals surface area contributed by atoms with Crippen LogP contribution in [0.25, 0.3) is 0 Å². The van der Waals surface area contributed by atoms with Gasteiger partial charge < -0.3 is 5.73 Å². The first kappa shape index (κ1) is 10.6. The molecule has 0 aromatic heterocycles. The van der Waals surface area contributed by atoms with Gasteiger partial charge in [0.1, 0.15) is 0 Å². The van der Waals surface area contributed by atoms with Crippen LogP contribution in [0, 0.1) is 0 Å². The smallest absolute Gasteiger partial charge is 0.00143 e. The van der Waals surface area contributed by atoms with Gasteiger partial charge >= 0.3 is 0 Å². The van der Waals surface area contributed by atoms with Crippen molar-refractivity contribution >= 4 is 0 Å². The Balaban J connectivity index is 2.89. The lowest BCUT2D eigenvalue weighted by Gasteiger charge is -2.03. The molecule has 0 fully saturated rings. The van der Waals surface area contributed by atoms with Gasteiger partial charge in [-0.25, -0.2) is 0 Å². The standard InChI is InChI=1S/C13H17N/c1-3-5-13(10-14)12-7-4-6-11(2)8-9-12/h3-8,10H,9,14H2,1-2H3/b5-3-,13-10+. The lowest BCUT2D eigenvalue weighted by atomic mass is 10.0. The first-order chi connectivity index (χ1) is 6.77. The third-order valence-corrected chi connectivity index (χ3v) is 2.20. The summed E-state index contributed by atoms with van der Waals surface area (Å²) in [6.07, 6.45) is 15.2. The van der Waals surface area contributed by atoms with E-state index in [-0.39, 0.29) is 0 Å². The zero-order valence-electron chi connectivity index (χ0n) is 8.83. The summed E-state index contributed by atoms with van der Waals surface area (Å²) < 4.78 is 0. The zero-order chi connectivity index (χ0) is 10.4. The van der Waals surface area contributed by atoms with Gasteiger partial charge in [0.15, 0.2) is 0 Å². The Morgan fingerprint density at radius 3 is 2.93 bits per heavy atom. The summed E-state index contributed by atoms with van der Waals surface area (Å²) in [4.78, 5) is 0. The van der Waals surface area contributed by atoms with Crippen LogP contribution in [0.1, 0.15) is 20.3 Å². The molecule has 0 aromatic carbocycles. The minimum Gasteiger partial charge on any atom is -0.404 e. The predicted molar refractivity (Wildman–Crippen MR) is 62.7 cm³/mol. The van der Waals surface area contributed by atoms with Gasteiger partial charge in [0.2, 0.25) is 0 Å². The SMILES string of the molecule is C/C=C\C(=C/N)C1=CC=CC(C)=CC1. The molecule has 1 aliphatic carbocycles. The highest BCUT2D eigenvalue weighted by atomic mass is 14.5. The molecule has 1 rings (SSSR count). The van der Waals surface area contributed by atoms with Crippen LogP contribution >= 0.6 is 0 Å². The summed E-state index contributed by atoms with van der Waals surface area (Å²) in [7, 11) is 0. The molecule has 1 nitrogen and oxygen atoms in total. The van der Waals surface area contributed by atoms with Crippen LogP contribution in [0.3, 0.4) is 0 Å².